The van der Waals surface area contributed by atoms with Gasteiger partial charge >= 0.3 is 0 Å². The van der Waals surface area contributed by atoms with Gasteiger partial charge in [0.2, 0.25) is 0 Å². The van der Waals surface area contributed by atoms with Gasteiger partial charge in [0.25, 0.3) is 0 Å². The maximum Gasteiger partial charge on any atom is 0.185 e. The van der Waals surface area contributed by atoms with Crippen LogP contribution in [0.3, 0.4) is 0 Å². The fraction of sp³-hybridized carbons (Fsp3) is 0.600. The number of methoxy groups -OCH3 is 1. The van der Waals surface area contributed by atoms with Gasteiger partial charge in [-0.3, -0.25) is 0 Å². The smallest absolute Gasteiger partial charge is 0.185 e. The minimum atomic E-state index is -3.14. The molecule has 0 spiro atoms. The van der Waals surface area contributed by atoms with Crippen LogP contribution >= 0.6 is 0 Å². The Balaban J connectivity index is 3.93. The number of rotatable bonds is 3. The molecule has 0 bridgehead atoms. The van der Waals surface area contributed by atoms with Crippen molar-refractivity contribution in [1.29, 1.82) is 0 Å². The van der Waals surface area contributed by atoms with Crippen molar-refractivity contribution in [1.82, 2.24) is 0 Å². The summed E-state index contributed by atoms with van der Waals surface area (Å²) in [5, 5.41) is 0. The molecule has 0 N–H and O–H groups in total. The van der Waals surface area contributed by atoms with Crippen LogP contribution in [0.5, 0.6) is 0 Å². The molecular weight excluding hydrogens is 140 g/mol. The molecule has 0 atom stereocenters. The standard InChI is InChI=1S/C5H8O3S/c1-3-4-9(6,7)5-8-2/h1H,4-5H2,2H3. The Kier molecular flexibility index (Phi) is 3.28. The van der Waals surface area contributed by atoms with E-state index in [2.05, 4.69) is 4.74 Å². The number of terminal acetylenes is 1. The van der Waals surface area contributed by atoms with Crippen molar-refractivity contribution in [3.63, 3.8) is 0 Å². The quantitative estimate of drug-likeness (QED) is 0.513. The second kappa shape index (κ2) is 3.49. The Morgan fingerprint density at radius 2 is 2.22 bits per heavy atom. The number of hydrogen-bond donors (Lipinski definition) is 0. The highest BCUT2D eigenvalue weighted by Crippen LogP contribution is 1.87. The first-order valence-corrected chi connectivity index (χ1v) is 4.07. The number of ether oxygens (including phenoxy) is 1. The molecule has 0 heterocycles. The molecule has 0 aromatic heterocycles. The third-order valence-corrected chi connectivity index (χ3v) is 1.80. The summed E-state index contributed by atoms with van der Waals surface area (Å²) in [6.07, 6.45) is 4.76. The van der Waals surface area contributed by atoms with Crippen LogP contribution in [0.1, 0.15) is 0 Å². The van der Waals surface area contributed by atoms with Crippen LogP contribution in [0.25, 0.3) is 0 Å². The number of hydrogen-bond acceptors (Lipinski definition) is 3. The Morgan fingerprint density at radius 3 is 2.56 bits per heavy atom. The summed E-state index contributed by atoms with van der Waals surface area (Å²) in [5.74, 6) is 1.48. The summed E-state index contributed by atoms with van der Waals surface area (Å²) in [7, 11) is -1.83. The average molecular weight is 148 g/mol. The van der Waals surface area contributed by atoms with Crippen molar-refractivity contribution in [2.24, 2.45) is 0 Å². The molecule has 0 aromatic carbocycles. The predicted molar refractivity (Wildman–Crippen MR) is 34.5 cm³/mol. The highest BCUT2D eigenvalue weighted by molar-refractivity contribution is 7.91. The van der Waals surface area contributed by atoms with Crippen LogP contribution in [0.15, 0.2) is 0 Å². The highest BCUT2D eigenvalue weighted by atomic mass is 32.2. The molecular formula is C5H8O3S. The first-order chi connectivity index (χ1) is 4.12. The zero-order valence-corrected chi connectivity index (χ0v) is 5.94. The van der Waals surface area contributed by atoms with E-state index >= 15 is 0 Å². The molecule has 3 nitrogen and oxygen atoms in total. The van der Waals surface area contributed by atoms with Crippen molar-refractivity contribution in [2.75, 3.05) is 18.8 Å². The monoisotopic (exact) mass is 148 g/mol. The van der Waals surface area contributed by atoms with E-state index in [1.54, 1.807) is 0 Å². The van der Waals surface area contributed by atoms with Crippen LogP contribution in [-0.4, -0.2) is 27.2 Å². The molecule has 0 rings (SSSR count). The van der Waals surface area contributed by atoms with Gasteiger partial charge in [-0.15, -0.1) is 6.42 Å². The summed E-state index contributed by atoms with van der Waals surface area (Å²) in [5.41, 5.74) is 0. The molecule has 0 aliphatic rings. The number of sulfone groups is 1. The van der Waals surface area contributed by atoms with Gasteiger partial charge in [-0.1, -0.05) is 5.92 Å². The molecule has 0 fully saturated rings. The Morgan fingerprint density at radius 1 is 1.67 bits per heavy atom. The van der Waals surface area contributed by atoms with Gasteiger partial charge in [0.1, 0.15) is 11.7 Å². The van der Waals surface area contributed by atoms with E-state index in [1.165, 1.54) is 7.11 Å². The first kappa shape index (κ1) is 8.47. The van der Waals surface area contributed by atoms with Gasteiger partial charge in [-0.05, 0) is 0 Å². The third kappa shape index (κ3) is 4.01. The van der Waals surface area contributed by atoms with Crippen molar-refractivity contribution < 1.29 is 13.2 Å². The summed E-state index contributed by atoms with van der Waals surface area (Å²) < 4.78 is 25.5. The normalized spacial score (nSPS) is 10.7. The maximum absolute atomic E-state index is 10.6. The molecule has 52 valence electrons. The van der Waals surface area contributed by atoms with E-state index in [0.29, 0.717) is 0 Å². The largest absolute Gasteiger partial charge is 0.369 e. The van der Waals surface area contributed by atoms with Gasteiger partial charge in [0, 0.05) is 7.11 Å². The van der Waals surface area contributed by atoms with Gasteiger partial charge in [0.05, 0.1) is 0 Å². The van der Waals surface area contributed by atoms with E-state index in [9.17, 15) is 8.42 Å². The molecule has 0 saturated heterocycles. The van der Waals surface area contributed by atoms with Crippen molar-refractivity contribution in [3.8, 4) is 12.3 Å². The molecule has 0 amide bonds. The van der Waals surface area contributed by atoms with Crippen LogP contribution in [0.2, 0.25) is 0 Å². The predicted octanol–water partition coefficient (Wildman–Crippen LogP) is -0.362. The molecule has 0 aliphatic heterocycles. The van der Waals surface area contributed by atoms with Crippen molar-refractivity contribution in [2.45, 2.75) is 0 Å². The Bertz CT molecular complexity index is 197. The molecule has 0 radical (unpaired) electrons. The maximum atomic E-state index is 10.6. The Hall–Kier alpha value is -0.530. The summed E-state index contributed by atoms with van der Waals surface area (Å²) in [6, 6.07) is 0. The molecule has 9 heavy (non-hydrogen) atoms. The molecule has 4 heteroatoms. The van der Waals surface area contributed by atoms with E-state index in [0.717, 1.165) is 0 Å². The van der Waals surface area contributed by atoms with Gasteiger partial charge in [0.15, 0.2) is 9.84 Å². The minimum Gasteiger partial charge on any atom is -0.369 e. The van der Waals surface area contributed by atoms with Crippen LogP contribution in [0.4, 0.5) is 0 Å². The lowest BCUT2D eigenvalue weighted by Crippen LogP contribution is -2.10. The molecule has 0 aromatic rings. The lowest BCUT2D eigenvalue weighted by atomic mass is 10.8. The fourth-order valence-electron chi connectivity index (χ4n) is 0.348. The van der Waals surface area contributed by atoms with Crippen molar-refractivity contribution >= 4 is 9.84 Å². The van der Waals surface area contributed by atoms with Crippen LogP contribution in [0, 0.1) is 12.3 Å². The van der Waals surface area contributed by atoms with Gasteiger partial charge in [-0.25, -0.2) is 8.42 Å². The summed E-state index contributed by atoms with van der Waals surface area (Å²) in [6.45, 7) is 0. The zero-order valence-electron chi connectivity index (χ0n) is 5.12. The van der Waals surface area contributed by atoms with Crippen LogP contribution in [-0.2, 0) is 14.6 Å². The minimum absolute atomic E-state index is 0.249. The van der Waals surface area contributed by atoms with E-state index in [1.807, 2.05) is 5.92 Å². The zero-order chi connectivity index (χ0) is 7.33. The molecule has 0 saturated carbocycles. The lowest BCUT2D eigenvalue weighted by molar-refractivity contribution is 0.250. The molecule has 0 unspecified atom stereocenters. The van der Waals surface area contributed by atoms with Crippen LogP contribution < -0.4 is 0 Å². The highest BCUT2D eigenvalue weighted by Gasteiger charge is 2.05. The Labute approximate surface area is 54.9 Å². The average Bonchev–Trinajstić information content (AvgIpc) is 1.64. The second-order valence-electron chi connectivity index (χ2n) is 1.50. The van der Waals surface area contributed by atoms with E-state index < -0.39 is 9.84 Å². The first-order valence-electron chi connectivity index (χ1n) is 2.25. The van der Waals surface area contributed by atoms with Gasteiger partial charge < -0.3 is 4.74 Å². The van der Waals surface area contributed by atoms with Crippen molar-refractivity contribution in [3.05, 3.63) is 0 Å². The fourth-order valence-corrected chi connectivity index (χ4v) is 1.04. The van der Waals surface area contributed by atoms with E-state index in [-0.39, 0.29) is 11.7 Å². The second-order valence-corrected chi connectivity index (χ2v) is 3.51. The summed E-state index contributed by atoms with van der Waals surface area (Å²) >= 11 is 0. The topological polar surface area (TPSA) is 43.4 Å². The van der Waals surface area contributed by atoms with Gasteiger partial charge in [-0.2, -0.15) is 0 Å². The summed E-state index contributed by atoms with van der Waals surface area (Å²) in [4.78, 5) is 0. The van der Waals surface area contributed by atoms with E-state index in [4.69, 9.17) is 6.42 Å². The lowest BCUT2D eigenvalue weighted by Gasteiger charge is -1.94. The third-order valence-electron chi connectivity index (χ3n) is 0.601. The molecule has 0 aliphatic carbocycles. The SMILES string of the molecule is C#CCS(=O)(=O)COC.